The highest BCUT2D eigenvalue weighted by Gasteiger charge is 2.12. The molecule has 0 saturated carbocycles. The molecule has 0 saturated heterocycles. The second-order valence-corrected chi connectivity index (χ2v) is 13.4. The van der Waals surface area contributed by atoms with Crippen LogP contribution in [-0.4, -0.2) is 47.6 Å². The van der Waals surface area contributed by atoms with Gasteiger partial charge in [-0.15, -0.1) is 0 Å². The lowest BCUT2D eigenvalue weighted by molar-refractivity contribution is -0.152. The Morgan fingerprint density at radius 1 is 0.587 bits per heavy atom. The van der Waals surface area contributed by atoms with E-state index in [9.17, 15) is 19.8 Å². The molecular weight excluding hydrogens is 576 g/mol. The van der Waals surface area contributed by atoms with Crippen LogP contribution in [0.3, 0.4) is 0 Å². The van der Waals surface area contributed by atoms with Crippen molar-refractivity contribution in [2.75, 3.05) is 13.2 Å². The van der Waals surface area contributed by atoms with Crippen LogP contribution in [0.1, 0.15) is 175 Å². The third-order valence-corrected chi connectivity index (χ3v) is 8.15. The van der Waals surface area contributed by atoms with E-state index in [4.69, 9.17) is 9.47 Å². The number of hydrogen-bond donors (Lipinski definition) is 2. The summed E-state index contributed by atoms with van der Waals surface area (Å²) in [7, 11) is 0. The van der Waals surface area contributed by atoms with E-state index in [1.165, 1.54) is 70.6 Å². The van der Waals surface area contributed by atoms with Gasteiger partial charge in [-0.05, 0) is 44.4 Å². The molecule has 0 rings (SSSR count). The van der Waals surface area contributed by atoms with Gasteiger partial charge in [-0.2, -0.15) is 0 Å². The Hall–Kier alpha value is -1.92. The van der Waals surface area contributed by atoms with Gasteiger partial charge in [0, 0.05) is 12.8 Å². The number of unbranched alkanes of at least 4 members (excludes halogenated alkanes) is 17. The molecule has 0 aliphatic carbocycles. The molecule has 46 heavy (non-hydrogen) atoms. The van der Waals surface area contributed by atoms with Crippen LogP contribution in [0.2, 0.25) is 0 Å². The van der Waals surface area contributed by atoms with Crippen LogP contribution in [0.4, 0.5) is 0 Å². The average molecular weight is 649 g/mol. The van der Waals surface area contributed by atoms with Gasteiger partial charge in [0.05, 0.1) is 6.10 Å². The van der Waals surface area contributed by atoms with Crippen molar-refractivity contribution in [1.29, 1.82) is 0 Å². The van der Waals surface area contributed by atoms with E-state index in [1.54, 1.807) is 0 Å². The highest BCUT2D eigenvalue weighted by Crippen LogP contribution is 2.15. The van der Waals surface area contributed by atoms with Crippen LogP contribution in [0.25, 0.3) is 0 Å². The topological polar surface area (TPSA) is 93.1 Å². The Kier molecular flexibility index (Phi) is 33.0. The molecule has 0 aromatic heterocycles. The van der Waals surface area contributed by atoms with E-state index in [-0.39, 0.29) is 25.2 Å². The van der Waals surface area contributed by atoms with Crippen molar-refractivity contribution in [1.82, 2.24) is 0 Å². The molecular formula is C40H72O6. The first-order valence-electron chi connectivity index (χ1n) is 19.0. The fraction of sp³-hybridized carbons (Fsp3) is 0.800. The van der Waals surface area contributed by atoms with Crippen molar-refractivity contribution in [3.8, 4) is 0 Å². The minimum Gasteiger partial charge on any atom is -0.463 e. The molecule has 268 valence electrons. The largest absolute Gasteiger partial charge is 0.463 e. The zero-order chi connectivity index (χ0) is 33.9. The second kappa shape index (κ2) is 34.4. The first kappa shape index (κ1) is 44.1. The van der Waals surface area contributed by atoms with Crippen molar-refractivity contribution >= 4 is 11.9 Å². The van der Waals surface area contributed by atoms with Gasteiger partial charge < -0.3 is 19.7 Å². The van der Waals surface area contributed by atoms with Crippen molar-refractivity contribution in [3.05, 3.63) is 36.5 Å². The normalized spacial score (nSPS) is 13.3. The molecule has 0 heterocycles. The fourth-order valence-electron chi connectivity index (χ4n) is 5.25. The molecule has 0 aliphatic rings. The summed E-state index contributed by atoms with van der Waals surface area (Å²) in [5, 5.41) is 19.8. The Bertz CT molecular complexity index is 772. The summed E-state index contributed by atoms with van der Waals surface area (Å²) in [4.78, 5) is 23.9. The first-order chi connectivity index (χ1) is 22.3. The molecule has 2 atom stereocenters. The minimum absolute atomic E-state index is 0.134. The summed E-state index contributed by atoms with van der Waals surface area (Å²) in [5.74, 6) is 0.227. The lowest BCUT2D eigenvalue weighted by atomic mass is 10.0. The summed E-state index contributed by atoms with van der Waals surface area (Å²) >= 11 is 0. The summed E-state index contributed by atoms with van der Waals surface area (Å²) < 4.78 is 10.3. The summed E-state index contributed by atoms with van der Waals surface area (Å²) in [6.45, 7) is 6.42. The van der Waals surface area contributed by atoms with Crippen LogP contribution in [0, 0.1) is 5.92 Å². The Morgan fingerprint density at radius 2 is 1.04 bits per heavy atom. The number of aliphatic hydroxyl groups is 2. The molecule has 1 unspecified atom stereocenters. The van der Waals surface area contributed by atoms with Gasteiger partial charge in [0.15, 0.2) is 0 Å². The number of carbonyl (C=O) groups excluding carboxylic acids is 2. The van der Waals surface area contributed by atoms with Gasteiger partial charge in [-0.3, -0.25) is 9.59 Å². The maximum atomic E-state index is 12.0. The Labute approximate surface area is 283 Å². The summed E-state index contributed by atoms with van der Waals surface area (Å²) in [6.07, 6.45) is 36.7. The SMILES string of the molecule is CC/C=C/CC(O)/C=C/C=C/CCCCCCCC(=O)OC[C@@H](O)COC(=O)CCCCCCCCCCCCCCCC(C)C. The van der Waals surface area contributed by atoms with E-state index < -0.39 is 12.2 Å². The van der Waals surface area contributed by atoms with Gasteiger partial charge >= 0.3 is 11.9 Å². The number of hydrogen-bond acceptors (Lipinski definition) is 6. The maximum absolute atomic E-state index is 12.0. The predicted octanol–water partition coefficient (Wildman–Crippen LogP) is 10.5. The molecule has 0 spiro atoms. The molecule has 0 amide bonds. The number of aliphatic hydroxyl groups excluding tert-OH is 2. The van der Waals surface area contributed by atoms with Crippen molar-refractivity contribution in [2.45, 2.75) is 187 Å². The molecule has 0 aromatic carbocycles. The molecule has 6 heteroatoms. The van der Waals surface area contributed by atoms with Gasteiger partial charge in [-0.25, -0.2) is 0 Å². The zero-order valence-electron chi connectivity index (χ0n) is 30.1. The molecule has 0 bridgehead atoms. The monoisotopic (exact) mass is 649 g/mol. The number of carbonyl (C=O) groups is 2. The summed E-state index contributed by atoms with van der Waals surface area (Å²) in [6, 6.07) is 0. The smallest absolute Gasteiger partial charge is 0.305 e. The van der Waals surface area contributed by atoms with Crippen LogP contribution < -0.4 is 0 Å². The van der Waals surface area contributed by atoms with Crippen LogP contribution >= 0.6 is 0 Å². The highest BCUT2D eigenvalue weighted by molar-refractivity contribution is 5.69. The first-order valence-corrected chi connectivity index (χ1v) is 19.0. The molecule has 0 aromatic rings. The van der Waals surface area contributed by atoms with Crippen LogP contribution in [-0.2, 0) is 19.1 Å². The van der Waals surface area contributed by atoms with E-state index in [2.05, 4.69) is 32.9 Å². The molecule has 0 aliphatic heterocycles. The fourth-order valence-corrected chi connectivity index (χ4v) is 5.25. The predicted molar refractivity (Wildman–Crippen MR) is 193 cm³/mol. The standard InChI is InChI=1S/C40H72O6/c1-4-5-24-30-37(41)31-26-21-17-13-11-15-19-23-28-33-40(44)46-35-38(42)34-45-39(43)32-27-22-18-14-10-8-6-7-9-12-16-20-25-29-36(2)3/h5,17,21,24,26,31,36-38,41-42H,4,6-16,18-20,22-23,25,27-30,32-35H2,1-3H3/b21-17+,24-5+,31-26+/t37?,38-/m0/s1. The lowest BCUT2D eigenvalue weighted by Crippen LogP contribution is -2.25. The average Bonchev–Trinajstić information content (AvgIpc) is 3.03. The summed E-state index contributed by atoms with van der Waals surface area (Å²) in [5.41, 5.74) is 0. The van der Waals surface area contributed by atoms with E-state index >= 15 is 0 Å². The van der Waals surface area contributed by atoms with Gasteiger partial charge in [-0.1, -0.05) is 160 Å². The molecule has 2 N–H and O–H groups in total. The lowest BCUT2D eigenvalue weighted by Gasteiger charge is -2.12. The molecule has 0 fully saturated rings. The zero-order valence-corrected chi connectivity index (χ0v) is 30.1. The van der Waals surface area contributed by atoms with Crippen LogP contribution in [0.15, 0.2) is 36.5 Å². The quantitative estimate of drug-likeness (QED) is 0.0318. The van der Waals surface area contributed by atoms with Gasteiger partial charge in [0.2, 0.25) is 0 Å². The van der Waals surface area contributed by atoms with Crippen molar-refractivity contribution in [3.63, 3.8) is 0 Å². The van der Waals surface area contributed by atoms with Gasteiger partial charge in [0.1, 0.15) is 19.3 Å². The Morgan fingerprint density at radius 3 is 1.52 bits per heavy atom. The number of allylic oxidation sites excluding steroid dienone is 4. The molecule has 6 nitrogen and oxygen atoms in total. The third-order valence-electron chi connectivity index (χ3n) is 8.15. The second-order valence-electron chi connectivity index (χ2n) is 13.4. The molecule has 0 radical (unpaired) electrons. The van der Waals surface area contributed by atoms with Crippen molar-refractivity contribution in [2.24, 2.45) is 5.92 Å². The Balaban J connectivity index is 3.50. The number of esters is 2. The van der Waals surface area contributed by atoms with E-state index in [0.29, 0.717) is 19.3 Å². The third kappa shape index (κ3) is 34.9. The maximum Gasteiger partial charge on any atom is 0.305 e. The van der Waals surface area contributed by atoms with Crippen LogP contribution in [0.5, 0.6) is 0 Å². The van der Waals surface area contributed by atoms with E-state index in [0.717, 1.165) is 70.1 Å². The highest BCUT2D eigenvalue weighted by atomic mass is 16.6. The van der Waals surface area contributed by atoms with E-state index in [1.807, 2.05) is 24.3 Å². The number of ether oxygens (including phenoxy) is 2. The van der Waals surface area contributed by atoms with Gasteiger partial charge in [0.25, 0.3) is 0 Å². The van der Waals surface area contributed by atoms with Crippen molar-refractivity contribution < 1.29 is 29.3 Å². The number of rotatable bonds is 33. The minimum atomic E-state index is -0.984.